The summed E-state index contributed by atoms with van der Waals surface area (Å²) in [5.74, 6) is 0.901. The van der Waals surface area contributed by atoms with Gasteiger partial charge in [-0.1, -0.05) is 0 Å². The zero-order valence-electron chi connectivity index (χ0n) is 8.48. The lowest BCUT2D eigenvalue weighted by Crippen LogP contribution is -2.26. The summed E-state index contributed by atoms with van der Waals surface area (Å²) < 4.78 is 1.02. The topological polar surface area (TPSA) is 24.9 Å². The summed E-state index contributed by atoms with van der Waals surface area (Å²) in [7, 11) is 0. The minimum absolute atomic E-state index is 0.0464. The van der Waals surface area contributed by atoms with Gasteiger partial charge in [0.05, 0.1) is 4.47 Å². The Balaban J connectivity index is 2.90. The van der Waals surface area contributed by atoms with Crippen LogP contribution < -0.4 is 5.32 Å². The smallest absolute Gasteiger partial charge is 0.140 e. The Bertz CT molecular complexity index is 302. The molecule has 0 amide bonds. The van der Waals surface area contributed by atoms with Gasteiger partial charge < -0.3 is 5.32 Å². The molecule has 3 heteroatoms. The molecule has 0 aromatic carbocycles. The molecule has 1 heterocycles. The average molecular weight is 243 g/mol. The van der Waals surface area contributed by atoms with Gasteiger partial charge in [0.25, 0.3) is 0 Å². The highest BCUT2D eigenvalue weighted by molar-refractivity contribution is 9.10. The Morgan fingerprint density at radius 2 is 2.00 bits per heavy atom. The van der Waals surface area contributed by atoms with Crippen LogP contribution >= 0.6 is 15.9 Å². The van der Waals surface area contributed by atoms with E-state index in [9.17, 15) is 0 Å². The SMILES string of the molecule is Cc1cnc(NC(C)(C)C)c(Br)c1. The van der Waals surface area contributed by atoms with Crippen molar-refractivity contribution in [3.05, 3.63) is 22.3 Å². The van der Waals surface area contributed by atoms with Crippen LogP contribution in [0.25, 0.3) is 0 Å². The van der Waals surface area contributed by atoms with Crippen LogP contribution in [0.2, 0.25) is 0 Å². The number of nitrogens with zero attached hydrogens (tertiary/aromatic N) is 1. The predicted octanol–water partition coefficient (Wildman–Crippen LogP) is 3.36. The third-order valence-electron chi connectivity index (χ3n) is 1.47. The largest absolute Gasteiger partial charge is 0.365 e. The van der Waals surface area contributed by atoms with Gasteiger partial charge in [-0.3, -0.25) is 0 Å². The van der Waals surface area contributed by atoms with Gasteiger partial charge in [0.1, 0.15) is 5.82 Å². The number of hydrogen-bond acceptors (Lipinski definition) is 2. The fourth-order valence-electron chi connectivity index (χ4n) is 0.981. The summed E-state index contributed by atoms with van der Waals surface area (Å²) in [6.45, 7) is 8.36. The van der Waals surface area contributed by atoms with E-state index in [1.165, 1.54) is 0 Å². The van der Waals surface area contributed by atoms with Crippen LogP contribution in [0.15, 0.2) is 16.7 Å². The molecule has 1 N–H and O–H groups in total. The fraction of sp³-hybridized carbons (Fsp3) is 0.500. The van der Waals surface area contributed by atoms with E-state index in [0.29, 0.717) is 0 Å². The molecule has 0 aliphatic rings. The maximum atomic E-state index is 4.31. The maximum absolute atomic E-state index is 4.31. The van der Waals surface area contributed by atoms with Crippen molar-refractivity contribution in [3.8, 4) is 0 Å². The first-order valence-corrected chi connectivity index (χ1v) is 5.08. The molecule has 13 heavy (non-hydrogen) atoms. The number of nitrogens with one attached hydrogen (secondary N) is 1. The van der Waals surface area contributed by atoms with Gasteiger partial charge in [0.2, 0.25) is 0 Å². The molecular weight excluding hydrogens is 228 g/mol. The van der Waals surface area contributed by atoms with Crippen molar-refractivity contribution in [1.82, 2.24) is 4.98 Å². The molecule has 1 aromatic rings. The number of pyridine rings is 1. The Morgan fingerprint density at radius 3 is 2.46 bits per heavy atom. The number of halogens is 1. The Labute approximate surface area is 87.9 Å². The molecule has 0 bridgehead atoms. The van der Waals surface area contributed by atoms with E-state index in [-0.39, 0.29) is 5.54 Å². The minimum Gasteiger partial charge on any atom is -0.365 e. The van der Waals surface area contributed by atoms with Gasteiger partial charge in [0.15, 0.2) is 0 Å². The Kier molecular flexibility index (Phi) is 2.96. The van der Waals surface area contributed by atoms with Gasteiger partial charge in [0, 0.05) is 11.7 Å². The van der Waals surface area contributed by atoms with E-state index < -0.39 is 0 Å². The van der Waals surface area contributed by atoms with Crippen molar-refractivity contribution in [2.75, 3.05) is 5.32 Å². The van der Waals surface area contributed by atoms with Gasteiger partial charge in [-0.05, 0) is 55.3 Å². The number of aromatic nitrogens is 1. The van der Waals surface area contributed by atoms with Crippen LogP contribution in [0.3, 0.4) is 0 Å². The third-order valence-corrected chi connectivity index (χ3v) is 2.08. The second kappa shape index (κ2) is 3.66. The van der Waals surface area contributed by atoms with Crippen molar-refractivity contribution in [2.45, 2.75) is 33.2 Å². The maximum Gasteiger partial charge on any atom is 0.140 e. The van der Waals surface area contributed by atoms with Gasteiger partial charge in [-0.25, -0.2) is 4.98 Å². The molecule has 0 radical (unpaired) electrons. The summed E-state index contributed by atoms with van der Waals surface area (Å²) in [4.78, 5) is 4.31. The van der Waals surface area contributed by atoms with Crippen LogP contribution in [0.4, 0.5) is 5.82 Å². The Hall–Kier alpha value is -0.570. The van der Waals surface area contributed by atoms with Crippen LogP contribution in [0, 0.1) is 6.92 Å². The van der Waals surface area contributed by atoms with E-state index >= 15 is 0 Å². The van der Waals surface area contributed by atoms with E-state index in [1.54, 1.807) is 0 Å². The number of anilines is 1. The highest BCUT2D eigenvalue weighted by Gasteiger charge is 2.11. The van der Waals surface area contributed by atoms with Crippen LogP contribution in [-0.2, 0) is 0 Å². The van der Waals surface area contributed by atoms with Gasteiger partial charge in [-0.2, -0.15) is 0 Å². The molecule has 0 aliphatic heterocycles. The molecule has 0 spiro atoms. The molecule has 0 saturated heterocycles. The first-order chi connectivity index (χ1) is 5.88. The van der Waals surface area contributed by atoms with Crippen molar-refractivity contribution in [2.24, 2.45) is 0 Å². The van der Waals surface area contributed by atoms with Crippen molar-refractivity contribution >= 4 is 21.7 Å². The molecule has 0 fully saturated rings. The van der Waals surface area contributed by atoms with E-state index in [0.717, 1.165) is 15.9 Å². The Morgan fingerprint density at radius 1 is 1.38 bits per heavy atom. The monoisotopic (exact) mass is 242 g/mol. The second-order valence-corrected chi connectivity index (χ2v) is 5.07. The second-order valence-electron chi connectivity index (χ2n) is 4.22. The quantitative estimate of drug-likeness (QED) is 0.817. The standard InChI is InChI=1S/C10H15BrN2/c1-7-5-8(11)9(12-6-7)13-10(2,3)4/h5-6H,1-4H3,(H,12,13). The zero-order valence-corrected chi connectivity index (χ0v) is 10.1. The summed E-state index contributed by atoms with van der Waals surface area (Å²) in [5.41, 5.74) is 1.21. The van der Waals surface area contributed by atoms with Crippen LogP contribution in [0.5, 0.6) is 0 Å². The molecule has 0 saturated carbocycles. The van der Waals surface area contributed by atoms with Crippen LogP contribution in [-0.4, -0.2) is 10.5 Å². The lowest BCUT2D eigenvalue weighted by molar-refractivity contribution is 0.629. The van der Waals surface area contributed by atoms with Gasteiger partial charge in [-0.15, -0.1) is 0 Å². The number of aryl methyl sites for hydroxylation is 1. The highest BCUT2D eigenvalue weighted by Crippen LogP contribution is 2.23. The minimum atomic E-state index is 0.0464. The summed E-state index contributed by atoms with van der Waals surface area (Å²) in [5, 5.41) is 3.32. The van der Waals surface area contributed by atoms with Crippen LogP contribution in [0.1, 0.15) is 26.3 Å². The van der Waals surface area contributed by atoms with E-state index in [1.807, 2.05) is 13.1 Å². The van der Waals surface area contributed by atoms with Crippen molar-refractivity contribution in [3.63, 3.8) is 0 Å². The molecule has 0 aliphatic carbocycles. The highest BCUT2D eigenvalue weighted by atomic mass is 79.9. The molecule has 2 nitrogen and oxygen atoms in total. The molecule has 72 valence electrons. The zero-order chi connectivity index (χ0) is 10.1. The van der Waals surface area contributed by atoms with E-state index in [2.05, 4.69) is 53.1 Å². The normalized spacial score (nSPS) is 11.5. The first-order valence-electron chi connectivity index (χ1n) is 4.29. The molecule has 0 unspecified atom stereocenters. The average Bonchev–Trinajstić information content (AvgIpc) is 1.93. The molecule has 1 rings (SSSR count). The van der Waals surface area contributed by atoms with Crippen molar-refractivity contribution < 1.29 is 0 Å². The summed E-state index contributed by atoms with van der Waals surface area (Å²) in [6, 6.07) is 2.06. The van der Waals surface area contributed by atoms with Crippen molar-refractivity contribution in [1.29, 1.82) is 0 Å². The third kappa shape index (κ3) is 3.35. The molecule has 1 aromatic heterocycles. The van der Waals surface area contributed by atoms with E-state index in [4.69, 9.17) is 0 Å². The number of rotatable bonds is 1. The summed E-state index contributed by atoms with van der Waals surface area (Å²) in [6.07, 6.45) is 1.86. The fourth-order valence-corrected chi connectivity index (χ4v) is 1.54. The predicted molar refractivity (Wildman–Crippen MR) is 60.0 cm³/mol. The lowest BCUT2D eigenvalue weighted by Gasteiger charge is -2.22. The first kappa shape index (κ1) is 10.5. The molecule has 0 atom stereocenters. The van der Waals surface area contributed by atoms with Gasteiger partial charge >= 0.3 is 0 Å². The molecular formula is C10H15BrN2. The summed E-state index contributed by atoms with van der Waals surface area (Å²) >= 11 is 3.47. The lowest BCUT2D eigenvalue weighted by atomic mass is 10.1. The number of hydrogen-bond donors (Lipinski definition) is 1.